The number of hydrogen-bond acceptors (Lipinski definition) is 7. The first kappa shape index (κ1) is 19.9. The first-order valence-electron chi connectivity index (χ1n) is 8.69. The minimum absolute atomic E-state index is 0.102. The van der Waals surface area contributed by atoms with Crippen LogP contribution in [0.1, 0.15) is 11.4 Å². The van der Waals surface area contributed by atoms with Crippen molar-refractivity contribution in [2.75, 3.05) is 13.7 Å². The quantitative estimate of drug-likeness (QED) is 0.617. The van der Waals surface area contributed by atoms with E-state index in [2.05, 4.69) is 14.9 Å². The minimum atomic E-state index is -1.12. The van der Waals surface area contributed by atoms with Gasteiger partial charge in [0.25, 0.3) is 5.89 Å². The fourth-order valence-corrected chi connectivity index (χ4v) is 2.55. The Balaban J connectivity index is 1.57. The van der Waals surface area contributed by atoms with Crippen LogP contribution in [0.15, 0.2) is 59.1 Å². The van der Waals surface area contributed by atoms with Gasteiger partial charge in [0.15, 0.2) is 6.61 Å². The van der Waals surface area contributed by atoms with Crippen molar-refractivity contribution in [3.63, 3.8) is 0 Å². The summed E-state index contributed by atoms with van der Waals surface area (Å²) in [6.07, 6.45) is -0.709. The van der Waals surface area contributed by atoms with E-state index in [4.69, 9.17) is 14.4 Å². The molecule has 150 valence electrons. The van der Waals surface area contributed by atoms with Crippen LogP contribution < -0.4 is 4.74 Å². The zero-order valence-electron chi connectivity index (χ0n) is 15.6. The molecule has 1 N–H and O–H groups in total. The molecule has 3 rings (SSSR count). The molecular weight excluding hydrogens is 378 g/mol. The zero-order chi connectivity index (χ0) is 20.6. The fraction of sp³-hybridized carbons (Fsp3) is 0.200. The molecule has 29 heavy (non-hydrogen) atoms. The highest BCUT2D eigenvalue weighted by Gasteiger charge is 2.17. The van der Waals surface area contributed by atoms with Crippen molar-refractivity contribution in [1.29, 1.82) is 0 Å². The van der Waals surface area contributed by atoms with Crippen molar-refractivity contribution in [3.8, 4) is 17.2 Å². The lowest BCUT2D eigenvalue weighted by atomic mass is 10.2. The highest BCUT2D eigenvalue weighted by Crippen LogP contribution is 2.18. The smallest absolute Gasteiger partial charge is 0.410 e. The summed E-state index contributed by atoms with van der Waals surface area (Å²) in [7, 11) is 1.20. The molecule has 0 atom stereocenters. The lowest BCUT2D eigenvalue weighted by Gasteiger charge is -2.19. The maximum atomic E-state index is 11.7. The normalized spacial score (nSPS) is 10.4. The third kappa shape index (κ3) is 5.55. The first-order chi connectivity index (χ1) is 14.0. The number of ether oxygens (including phenoxy) is 2. The van der Waals surface area contributed by atoms with E-state index in [1.165, 1.54) is 7.11 Å². The molecule has 0 fully saturated rings. The number of aromatic nitrogens is 2. The molecule has 1 heterocycles. The minimum Gasteiger partial charge on any atom is -0.485 e. The molecule has 1 amide bonds. The number of amides is 1. The number of benzene rings is 2. The lowest BCUT2D eigenvalue weighted by molar-refractivity contribution is -0.138. The number of rotatable bonds is 8. The summed E-state index contributed by atoms with van der Waals surface area (Å²) < 4.78 is 15.5. The Kier molecular flexibility index (Phi) is 6.41. The number of carbonyl (C=O) groups excluding carboxylic acids is 1. The second kappa shape index (κ2) is 9.36. The van der Waals surface area contributed by atoms with E-state index in [9.17, 15) is 9.59 Å². The van der Waals surface area contributed by atoms with E-state index >= 15 is 0 Å². The van der Waals surface area contributed by atoms with Gasteiger partial charge in [-0.2, -0.15) is 4.98 Å². The average molecular weight is 397 g/mol. The van der Waals surface area contributed by atoms with E-state index in [0.717, 1.165) is 16.0 Å². The summed E-state index contributed by atoms with van der Waals surface area (Å²) in [4.78, 5) is 28.0. The summed E-state index contributed by atoms with van der Waals surface area (Å²) in [6.45, 7) is -0.222. The van der Waals surface area contributed by atoms with Crippen LogP contribution in [0.25, 0.3) is 11.5 Å². The number of carboxylic acids is 1. The van der Waals surface area contributed by atoms with Crippen LogP contribution in [-0.4, -0.2) is 45.9 Å². The molecule has 9 heteroatoms. The Hall–Kier alpha value is -3.88. The highest BCUT2D eigenvalue weighted by molar-refractivity contribution is 5.76. The summed E-state index contributed by atoms with van der Waals surface area (Å²) >= 11 is 0. The van der Waals surface area contributed by atoms with Crippen LogP contribution in [0.3, 0.4) is 0 Å². The average Bonchev–Trinajstić information content (AvgIpc) is 3.21. The van der Waals surface area contributed by atoms with Gasteiger partial charge in [-0.25, -0.2) is 4.79 Å². The van der Waals surface area contributed by atoms with E-state index in [1.807, 2.05) is 30.3 Å². The van der Waals surface area contributed by atoms with Crippen molar-refractivity contribution in [2.24, 2.45) is 0 Å². The summed E-state index contributed by atoms with van der Waals surface area (Å²) in [5.74, 6) is 0.278. The maximum absolute atomic E-state index is 11.7. The van der Waals surface area contributed by atoms with Gasteiger partial charge in [0.05, 0.1) is 7.11 Å². The van der Waals surface area contributed by atoms with Crippen LogP contribution >= 0.6 is 0 Å². The highest BCUT2D eigenvalue weighted by atomic mass is 16.5. The van der Waals surface area contributed by atoms with Crippen molar-refractivity contribution in [3.05, 3.63) is 66.0 Å². The molecule has 0 unspecified atom stereocenters. The third-order valence-electron chi connectivity index (χ3n) is 3.91. The predicted octanol–water partition coefficient (Wildman–Crippen LogP) is 2.97. The monoisotopic (exact) mass is 397 g/mol. The molecular formula is C20H19N3O6. The van der Waals surface area contributed by atoms with E-state index in [0.29, 0.717) is 17.5 Å². The summed E-state index contributed by atoms with van der Waals surface area (Å²) in [6, 6.07) is 16.3. The van der Waals surface area contributed by atoms with Gasteiger partial charge in [-0.3, -0.25) is 9.69 Å². The molecule has 9 nitrogen and oxygen atoms in total. The standard InChI is InChI=1S/C20H19N3O6/c1-27-20(26)23(12-18(24)25)11-14-7-9-16(10-8-14)28-13-17-21-19(29-22-17)15-5-3-2-4-6-15/h2-10H,11-13H2,1H3,(H,24,25). The van der Waals surface area contributed by atoms with Crippen LogP contribution in [0.2, 0.25) is 0 Å². The fourth-order valence-electron chi connectivity index (χ4n) is 2.55. The number of hydrogen-bond donors (Lipinski definition) is 1. The molecule has 0 bridgehead atoms. The molecule has 1 aromatic heterocycles. The Morgan fingerprint density at radius 2 is 1.83 bits per heavy atom. The van der Waals surface area contributed by atoms with Gasteiger partial charge >= 0.3 is 12.1 Å². The number of aliphatic carboxylic acids is 1. The third-order valence-corrected chi connectivity index (χ3v) is 3.91. The topological polar surface area (TPSA) is 115 Å². The number of carboxylic acid groups (broad SMARTS) is 1. The number of carbonyl (C=O) groups is 2. The SMILES string of the molecule is COC(=O)N(CC(=O)O)Cc1ccc(OCc2noc(-c3ccccc3)n2)cc1. The summed E-state index contributed by atoms with van der Waals surface area (Å²) in [5.41, 5.74) is 1.56. The van der Waals surface area contributed by atoms with Gasteiger partial charge < -0.3 is 19.1 Å². The molecule has 2 aromatic carbocycles. The van der Waals surface area contributed by atoms with Gasteiger partial charge in [-0.1, -0.05) is 35.5 Å². The Morgan fingerprint density at radius 3 is 2.48 bits per heavy atom. The van der Waals surface area contributed by atoms with Crippen molar-refractivity contribution >= 4 is 12.1 Å². The van der Waals surface area contributed by atoms with Gasteiger partial charge in [-0.15, -0.1) is 0 Å². The largest absolute Gasteiger partial charge is 0.485 e. The van der Waals surface area contributed by atoms with Crippen LogP contribution in [-0.2, 0) is 22.7 Å². The molecule has 0 saturated heterocycles. The Labute approximate surface area is 166 Å². The second-order valence-corrected chi connectivity index (χ2v) is 6.03. The van der Waals surface area contributed by atoms with Gasteiger partial charge in [0, 0.05) is 12.1 Å². The van der Waals surface area contributed by atoms with Gasteiger partial charge in [0.2, 0.25) is 5.82 Å². The number of methoxy groups -OCH3 is 1. The van der Waals surface area contributed by atoms with Gasteiger partial charge in [-0.05, 0) is 29.8 Å². The van der Waals surface area contributed by atoms with Crippen molar-refractivity contribution in [1.82, 2.24) is 15.0 Å². The molecule has 0 radical (unpaired) electrons. The van der Waals surface area contributed by atoms with Crippen LogP contribution in [0.5, 0.6) is 5.75 Å². The Morgan fingerprint density at radius 1 is 1.10 bits per heavy atom. The van der Waals surface area contributed by atoms with E-state index < -0.39 is 18.6 Å². The second-order valence-electron chi connectivity index (χ2n) is 6.03. The lowest BCUT2D eigenvalue weighted by Crippen LogP contribution is -2.35. The van der Waals surface area contributed by atoms with Gasteiger partial charge in [0.1, 0.15) is 12.3 Å². The van der Waals surface area contributed by atoms with E-state index in [1.54, 1.807) is 24.3 Å². The summed E-state index contributed by atoms with van der Waals surface area (Å²) in [5, 5.41) is 12.8. The molecule has 3 aromatic rings. The molecule has 0 spiro atoms. The molecule has 0 aliphatic rings. The predicted molar refractivity (Wildman–Crippen MR) is 101 cm³/mol. The van der Waals surface area contributed by atoms with Crippen LogP contribution in [0, 0.1) is 0 Å². The molecule has 0 saturated carbocycles. The van der Waals surface area contributed by atoms with Crippen molar-refractivity contribution < 1.29 is 28.7 Å². The first-order valence-corrected chi connectivity index (χ1v) is 8.69. The number of nitrogens with zero attached hydrogens (tertiary/aromatic N) is 3. The molecule has 0 aliphatic heterocycles. The Bertz CT molecular complexity index is 956. The zero-order valence-corrected chi connectivity index (χ0v) is 15.6. The van der Waals surface area contributed by atoms with Crippen LogP contribution in [0.4, 0.5) is 4.79 Å². The maximum Gasteiger partial charge on any atom is 0.410 e. The van der Waals surface area contributed by atoms with Crippen molar-refractivity contribution in [2.45, 2.75) is 13.2 Å². The van der Waals surface area contributed by atoms with E-state index in [-0.39, 0.29) is 13.2 Å². The molecule has 0 aliphatic carbocycles.